The average molecular weight is 214 g/mol. The molecule has 0 saturated carbocycles. The quantitative estimate of drug-likeness (QED) is 0.750. The van der Waals surface area contributed by atoms with Gasteiger partial charge in [-0.2, -0.15) is 0 Å². The van der Waals surface area contributed by atoms with Gasteiger partial charge in [-0.15, -0.1) is 0 Å². The van der Waals surface area contributed by atoms with Gasteiger partial charge in [-0.3, -0.25) is 0 Å². The van der Waals surface area contributed by atoms with Crippen LogP contribution in [-0.4, -0.2) is 49.3 Å². The van der Waals surface area contributed by atoms with Crippen molar-refractivity contribution in [2.24, 2.45) is 0 Å². The van der Waals surface area contributed by atoms with E-state index in [1.165, 1.54) is 6.42 Å². The summed E-state index contributed by atoms with van der Waals surface area (Å²) in [6, 6.07) is 1.34. The Morgan fingerprint density at radius 1 is 1.47 bits per heavy atom. The molecule has 3 nitrogen and oxygen atoms in total. The molecule has 3 heteroatoms. The number of rotatable bonds is 5. The Hall–Kier alpha value is -0.120. The van der Waals surface area contributed by atoms with Crippen LogP contribution in [0.25, 0.3) is 0 Å². The molecule has 1 heterocycles. The lowest BCUT2D eigenvalue weighted by Gasteiger charge is -2.27. The predicted octanol–water partition coefficient (Wildman–Crippen LogP) is 1.48. The van der Waals surface area contributed by atoms with Crippen LogP contribution < -0.4 is 5.32 Å². The second kappa shape index (κ2) is 5.28. The summed E-state index contributed by atoms with van der Waals surface area (Å²) in [7, 11) is 2.19. The normalized spacial score (nSPS) is 28.6. The van der Waals surface area contributed by atoms with Gasteiger partial charge in [0.05, 0.1) is 5.60 Å². The molecule has 1 aliphatic rings. The molecule has 0 spiro atoms. The summed E-state index contributed by atoms with van der Waals surface area (Å²) in [6.45, 7) is 11.5. The lowest BCUT2D eigenvalue weighted by Crippen LogP contribution is -2.43. The Labute approximate surface area is 94.2 Å². The van der Waals surface area contributed by atoms with Crippen molar-refractivity contribution in [1.29, 1.82) is 0 Å². The van der Waals surface area contributed by atoms with Gasteiger partial charge in [0.25, 0.3) is 0 Å². The van der Waals surface area contributed by atoms with Gasteiger partial charge >= 0.3 is 0 Å². The van der Waals surface area contributed by atoms with Crippen molar-refractivity contribution < 1.29 is 4.74 Å². The largest absolute Gasteiger partial charge is 0.375 e. The summed E-state index contributed by atoms with van der Waals surface area (Å²) in [5.41, 5.74) is -0.0425. The molecule has 0 aromatic heterocycles. The fourth-order valence-corrected chi connectivity index (χ4v) is 2.17. The molecule has 0 amide bonds. The number of hydrogen-bond donors (Lipinski definition) is 1. The van der Waals surface area contributed by atoms with Crippen molar-refractivity contribution in [3.8, 4) is 0 Å². The smallest absolute Gasteiger partial charge is 0.0750 e. The second-order valence-corrected chi connectivity index (χ2v) is 5.29. The van der Waals surface area contributed by atoms with E-state index in [-0.39, 0.29) is 5.60 Å². The van der Waals surface area contributed by atoms with Gasteiger partial charge < -0.3 is 15.0 Å². The van der Waals surface area contributed by atoms with Crippen molar-refractivity contribution in [3.63, 3.8) is 0 Å². The van der Waals surface area contributed by atoms with Crippen LogP contribution in [0.5, 0.6) is 0 Å². The predicted molar refractivity (Wildman–Crippen MR) is 64.2 cm³/mol. The summed E-state index contributed by atoms with van der Waals surface area (Å²) >= 11 is 0. The molecule has 1 N–H and O–H groups in total. The Morgan fingerprint density at radius 2 is 2.13 bits per heavy atom. The zero-order valence-corrected chi connectivity index (χ0v) is 10.8. The van der Waals surface area contributed by atoms with Crippen LogP contribution in [0.4, 0.5) is 0 Å². The third kappa shape index (κ3) is 4.09. The lowest BCUT2D eigenvalue weighted by molar-refractivity contribution is -0.0104. The SMILES string of the molecule is CCOC(C)(C)CNC1CC(C)N(C)C1. The third-order valence-corrected chi connectivity index (χ3v) is 3.24. The molecule has 1 rings (SSSR count). The van der Waals surface area contributed by atoms with Gasteiger partial charge in [0.1, 0.15) is 0 Å². The monoisotopic (exact) mass is 214 g/mol. The fourth-order valence-electron chi connectivity index (χ4n) is 2.17. The summed E-state index contributed by atoms with van der Waals surface area (Å²) < 4.78 is 5.67. The van der Waals surface area contributed by atoms with Gasteiger partial charge in [-0.05, 0) is 41.2 Å². The van der Waals surface area contributed by atoms with Crippen LogP contribution >= 0.6 is 0 Å². The maximum Gasteiger partial charge on any atom is 0.0750 e. The molecule has 15 heavy (non-hydrogen) atoms. The lowest BCUT2D eigenvalue weighted by atomic mass is 10.1. The van der Waals surface area contributed by atoms with Crippen LogP contribution in [-0.2, 0) is 4.74 Å². The first-order valence-electron chi connectivity index (χ1n) is 6.02. The van der Waals surface area contributed by atoms with Gasteiger partial charge in [0, 0.05) is 31.8 Å². The highest BCUT2D eigenvalue weighted by atomic mass is 16.5. The summed E-state index contributed by atoms with van der Waals surface area (Å²) in [4.78, 5) is 2.41. The Balaban J connectivity index is 2.26. The van der Waals surface area contributed by atoms with E-state index >= 15 is 0 Å². The van der Waals surface area contributed by atoms with Gasteiger partial charge in [-0.1, -0.05) is 0 Å². The van der Waals surface area contributed by atoms with Crippen LogP contribution in [0.3, 0.4) is 0 Å². The van der Waals surface area contributed by atoms with Gasteiger partial charge in [-0.25, -0.2) is 0 Å². The topological polar surface area (TPSA) is 24.5 Å². The molecular formula is C12H26N2O. The van der Waals surface area contributed by atoms with E-state index in [2.05, 4.69) is 38.0 Å². The standard InChI is InChI=1S/C12H26N2O/c1-6-15-12(3,4)9-13-11-7-10(2)14(5)8-11/h10-11,13H,6-9H2,1-5H3. The highest BCUT2D eigenvalue weighted by molar-refractivity contribution is 4.86. The van der Waals surface area contributed by atoms with E-state index < -0.39 is 0 Å². The minimum absolute atomic E-state index is 0.0425. The van der Waals surface area contributed by atoms with Crippen LogP contribution in [0.1, 0.15) is 34.1 Å². The zero-order chi connectivity index (χ0) is 11.5. The molecule has 1 saturated heterocycles. The van der Waals surface area contributed by atoms with Gasteiger partial charge in [0.15, 0.2) is 0 Å². The number of ether oxygens (including phenoxy) is 1. The second-order valence-electron chi connectivity index (χ2n) is 5.29. The molecule has 0 aromatic carbocycles. The number of nitrogens with one attached hydrogen (secondary N) is 1. The molecule has 0 radical (unpaired) electrons. The van der Waals surface area contributed by atoms with Crippen LogP contribution in [0, 0.1) is 0 Å². The number of likely N-dealkylation sites (N-methyl/N-ethyl adjacent to an activating group) is 1. The van der Waals surface area contributed by atoms with Gasteiger partial charge in [0.2, 0.25) is 0 Å². The summed E-state index contributed by atoms with van der Waals surface area (Å²) in [5.74, 6) is 0. The van der Waals surface area contributed by atoms with Crippen molar-refractivity contribution in [3.05, 3.63) is 0 Å². The maximum absolute atomic E-state index is 5.67. The Kier molecular flexibility index (Phi) is 4.56. The molecule has 1 fully saturated rings. The highest BCUT2D eigenvalue weighted by Crippen LogP contribution is 2.16. The average Bonchev–Trinajstić information content (AvgIpc) is 2.44. The number of likely N-dealkylation sites (tertiary alicyclic amines) is 1. The number of nitrogens with zero attached hydrogens (tertiary/aromatic N) is 1. The van der Waals surface area contributed by atoms with E-state index in [0.717, 1.165) is 19.7 Å². The van der Waals surface area contributed by atoms with Crippen LogP contribution in [0.2, 0.25) is 0 Å². The molecule has 1 aliphatic heterocycles. The Bertz CT molecular complexity index is 184. The molecular weight excluding hydrogens is 188 g/mol. The third-order valence-electron chi connectivity index (χ3n) is 3.24. The van der Waals surface area contributed by atoms with E-state index in [4.69, 9.17) is 4.74 Å². The fraction of sp³-hybridized carbons (Fsp3) is 1.00. The van der Waals surface area contributed by atoms with E-state index in [1.54, 1.807) is 0 Å². The molecule has 2 atom stereocenters. The molecule has 2 unspecified atom stereocenters. The minimum Gasteiger partial charge on any atom is -0.375 e. The number of hydrogen-bond acceptors (Lipinski definition) is 3. The first-order chi connectivity index (χ1) is 6.94. The van der Waals surface area contributed by atoms with Crippen molar-refractivity contribution in [2.75, 3.05) is 26.7 Å². The molecule has 90 valence electrons. The first kappa shape index (κ1) is 12.9. The van der Waals surface area contributed by atoms with E-state index in [1.807, 2.05) is 6.92 Å². The summed E-state index contributed by atoms with van der Waals surface area (Å²) in [5, 5.41) is 3.60. The molecule has 0 bridgehead atoms. The highest BCUT2D eigenvalue weighted by Gasteiger charge is 2.27. The van der Waals surface area contributed by atoms with E-state index in [9.17, 15) is 0 Å². The minimum atomic E-state index is -0.0425. The maximum atomic E-state index is 5.67. The van der Waals surface area contributed by atoms with Crippen molar-refractivity contribution in [2.45, 2.75) is 51.8 Å². The van der Waals surface area contributed by atoms with E-state index in [0.29, 0.717) is 12.1 Å². The van der Waals surface area contributed by atoms with Crippen molar-refractivity contribution in [1.82, 2.24) is 10.2 Å². The first-order valence-corrected chi connectivity index (χ1v) is 6.02. The summed E-state index contributed by atoms with van der Waals surface area (Å²) in [6.07, 6.45) is 1.25. The Morgan fingerprint density at radius 3 is 2.60 bits per heavy atom. The molecule has 0 aromatic rings. The van der Waals surface area contributed by atoms with Crippen LogP contribution in [0.15, 0.2) is 0 Å². The zero-order valence-electron chi connectivity index (χ0n) is 10.8. The molecule has 0 aliphatic carbocycles. The van der Waals surface area contributed by atoms with Crippen molar-refractivity contribution >= 4 is 0 Å².